The molecular weight excluding hydrogens is 864 g/mol. The van der Waals surface area contributed by atoms with Crippen molar-refractivity contribution in [2.24, 2.45) is 17.8 Å². The number of hydrogen-bond acceptors (Lipinski definition) is 12. The third-order valence-corrected chi connectivity index (χ3v) is 18.1. The van der Waals surface area contributed by atoms with E-state index in [4.69, 9.17) is 22.6 Å². The zero-order valence-electron chi connectivity index (χ0n) is 34.3. The summed E-state index contributed by atoms with van der Waals surface area (Å²) in [4.78, 5) is 48.4. The first-order valence-electron chi connectivity index (χ1n) is 19.4. The van der Waals surface area contributed by atoms with Crippen LogP contribution in [0.1, 0.15) is 82.0 Å². The highest BCUT2D eigenvalue weighted by Gasteiger charge is 2.70. The molecule has 7 rings (SSSR count). The smallest absolute Gasteiger partial charge is 0.265 e. The molecule has 3 aliphatic rings. The number of hydrogen-bond donors (Lipinski definition) is 0. The molecule has 4 aromatic rings. The number of nitrogens with zero attached hydrogens (tertiary/aromatic N) is 2. The predicted octanol–water partition coefficient (Wildman–Crippen LogP) is 8.03. The Morgan fingerprint density at radius 2 is 1.54 bits per heavy atom. The fraction of sp³-hybridized carbons (Fsp3) is 0.442. The van der Waals surface area contributed by atoms with E-state index >= 15 is 18.8 Å². The van der Waals surface area contributed by atoms with E-state index in [1.807, 2.05) is 99.4 Å². The first kappa shape index (κ1) is 43.0. The molecule has 1 aromatic heterocycles. The molecule has 1 heterocycles. The van der Waals surface area contributed by atoms with Crippen molar-refractivity contribution in [2.45, 2.75) is 83.2 Å². The summed E-state index contributed by atoms with van der Waals surface area (Å²) in [6, 6.07) is 17.7. The summed E-state index contributed by atoms with van der Waals surface area (Å²) in [6.45, 7) is 9.26. The maximum absolute atomic E-state index is 16.9. The van der Waals surface area contributed by atoms with Crippen LogP contribution in [0, 0.1) is 23.6 Å². The van der Waals surface area contributed by atoms with Gasteiger partial charge < -0.3 is 18.4 Å². The Kier molecular flexibility index (Phi) is 11.5. The molecular formula is C43H48BrFN2O10SSi. The van der Waals surface area contributed by atoms with Gasteiger partial charge in [-0.05, 0) is 83.2 Å². The Labute approximate surface area is 353 Å². The molecule has 59 heavy (non-hydrogen) atoms. The van der Waals surface area contributed by atoms with Crippen LogP contribution >= 0.6 is 15.9 Å². The van der Waals surface area contributed by atoms with Gasteiger partial charge in [-0.1, -0.05) is 81.4 Å². The lowest BCUT2D eigenvalue weighted by molar-refractivity contribution is -0.151. The van der Waals surface area contributed by atoms with Crippen molar-refractivity contribution in [3.63, 3.8) is 0 Å². The molecule has 0 saturated heterocycles. The topological polar surface area (TPSA) is 152 Å². The molecule has 0 aliphatic heterocycles. The van der Waals surface area contributed by atoms with Crippen LogP contribution in [0.3, 0.4) is 0 Å². The molecule has 3 aliphatic carbocycles. The largest absolute Gasteiger partial charge is 0.487 e. The van der Waals surface area contributed by atoms with Gasteiger partial charge in [0.05, 0.1) is 34.9 Å². The van der Waals surface area contributed by atoms with E-state index in [1.54, 1.807) is 14.1 Å². The van der Waals surface area contributed by atoms with E-state index < -0.39 is 82.6 Å². The summed E-state index contributed by atoms with van der Waals surface area (Å²) >= 11 is 3.41. The lowest BCUT2D eigenvalue weighted by Gasteiger charge is -2.56. The van der Waals surface area contributed by atoms with Crippen LogP contribution in [0.15, 0.2) is 69.7 Å². The Morgan fingerprint density at radius 3 is 2.10 bits per heavy atom. The second kappa shape index (κ2) is 15.8. The van der Waals surface area contributed by atoms with Gasteiger partial charge in [0.15, 0.2) is 31.2 Å². The number of benzene rings is 3. The first-order valence-corrected chi connectivity index (χ1v) is 24.9. The number of carbonyl (C=O) groups excluding carboxylic acids is 3. The van der Waals surface area contributed by atoms with Gasteiger partial charge in [-0.3, -0.25) is 23.5 Å². The van der Waals surface area contributed by atoms with Gasteiger partial charge >= 0.3 is 0 Å². The zero-order chi connectivity index (χ0) is 42.8. The molecule has 1 unspecified atom stereocenters. The highest BCUT2D eigenvalue weighted by molar-refractivity contribution is 9.10. The molecule has 1 saturated carbocycles. The molecule has 3 aromatic carbocycles. The van der Waals surface area contributed by atoms with E-state index in [0.717, 1.165) is 17.4 Å². The number of fused-ring (bicyclic) bond motifs is 4. The molecule has 1 fully saturated rings. The normalized spacial score (nSPS) is 23.1. The number of rotatable bonds is 12. The van der Waals surface area contributed by atoms with Crippen LogP contribution in [0.2, 0.25) is 18.1 Å². The summed E-state index contributed by atoms with van der Waals surface area (Å²) in [6.07, 6.45) is 0.852. The van der Waals surface area contributed by atoms with Crippen molar-refractivity contribution in [1.29, 1.82) is 0 Å². The lowest BCUT2D eigenvalue weighted by atomic mass is 9.54. The van der Waals surface area contributed by atoms with Crippen molar-refractivity contribution in [2.75, 3.05) is 20.4 Å². The second-order valence-electron chi connectivity index (χ2n) is 17.4. The molecule has 0 amide bonds. The van der Waals surface area contributed by atoms with E-state index in [9.17, 15) is 8.42 Å². The molecule has 0 spiro atoms. The molecule has 0 N–H and O–H groups in total. The third kappa shape index (κ3) is 7.65. The minimum Gasteiger partial charge on any atom is -0.487 e. The van der Waals surface area contributed by atoms with Crippen LogP contribution in [0.25, 0.3) is 0 Å². The average molecular weight is 912 g/mol. The number of aromatic nitrogens is 1. The van der Waals surface area contributed by atoms with Crippen molar-refractivity contribution in [1.82, 2.24) is 10.1 Å². The summed E-state index contributed by atoms with van der Waals surface area (Å²) in [5.41, 5.74) is -0.965. The number of ketones is 3. The van der Waals surface area contributed by atoms with E-state index in [0.29, 0.717) is 0 Å². The van der Waals surface area contributed by atoms with Crippen molar-refractivity contribution in [3.8, 4) is 11.6 Å². The summed E-state index contributed by atoms with van der Waals surface area (Å²) < 4.78 is 71.6. The molecule has 314 valence electrons. The van der Waals surface area contributed by atoms with Gasteiger partial charge in [0.25, 0.3) is 16.0 Å². The van der Waals surface area contributed by atoms with Gasteiger partial charge in [0.1, 0.15) is 30.3 Å². The summed E-state index contributed by atoms with van der Waals surface area (Å²) in [5.74, 6) is -5.99. The second-order valence-corrected chi connectivity index (χ2v) is 24.5. The minimum absolute atomic E-state index is 0.0127. The summed E-state index contributed by atoms with van der Waals surface area (Å²) in [5, 5.41) is 3.75. The Balaban J connectivity index is 1.40. The molecule has 0 radical (unpaired) electrons. The maximum atomic E-state index is 16.9. The Morgan fingerprint density at radius 1 is 0.949 bits per heavy atom. The lowest BCUT2D eigenvalue weighted by Crippen LogP contribution is -2.70. The number of Topliss-reactive ketones (excluding diaryl/α,β-unsaturated/α-hetero) is 3. The Bertz CT molecular complexity index is 2420. The SMILES string of the molecule is CN(C)[C@@H]1c2onc(OCc3ccccc3)c2C(=O)[C@@]2(O[Si](C)(C)C(C)(C)C)C(=O)C3C(=O)c4c(c(F)c(COS(C)(=O)=O)c(Br)c4OCc4ccccc4)C[C@H]3C[C@@H]12. The van der Waals surface area contributed by atoms with E-state index in [2.05, 4.69) is 21.1 Å². The maximum Gasteiger partial charge on any atom is 0.265 e. The van der Waals surface area contributed by atoms with Crippen molar-refractivity contribution in [3.05, 3.63) is 110 Å². The van der Waals surface area contributed by atoms with Crippen molar-refractivity contribution >= 4 is 51.7 Å². The highest BCUT2D eigenvalue weighted by atomic mass is 79.9. The fourth-order valence-corrected chi connectivity index (χ4v) is 10.8. The number of ether oxygens (including phenoxy) is 2. The third-order valence-electron chi connectivity index (χ3n) is 12.3. The first-order chi connectivity index (χ1) is 27.7. The van der Waals surface area contributed by atoms with Gasteiger partial charge in [0, 0.05) is 17.0 Å². The molecule has 5 atom stereocenters. The van der Waals surface area contributed by atoms with Crippen LogP contribution in [0.5, 0.6) is 11.6 Å². The van der Waals surface area contributed by atoms with Crippen molar-refractivity contribution < 1.29 is 49.8 Å². The molecule has 16 heteroatoms. The van der Waals surface area contributed by atoms with Crippen LogP contribution < -0.4 is 9.47 Å². The van der Waals surface area contributed by atoms with Crippen LogP contribution in [-0.4, -0.2) is 70.1 Å². The van der Waals surface area contributed by atoms with Gasteiger partial charge in [-0.2, -0.15) is 8.42 Å². The molecule has 12 nitrogen and oxygen atoms in total. The average Bonchev–Trinajstić information content (AvgIpc) is 3.58. The minimum atomic E-state index is -4.00. The standard InChI is InChI=1S/C43H48BrFN2O10SSi/c1-42(2,3)59(7,8)57-43-29(35(47(4)5)38-32(40(43)50)41(46-56-38)54-22-25-17-13-10-14-18-25)20-26-19-27-31(36(48)30(26)39(43)49)37(53-21-24-15-11-9-12-16-24)33(44)28(34(27)45)23-55-58(6,51)52/h9-18,26,29-30,35H,19-23H2,1-8H3/t26-,29-,30?,35-,43-/m0/s1. The summed E-state index contributed by atoms with van der Waals surface area (Å²) in [7, 11) is -3.43. The fourth-order valence-electron chi connectivity index (χ4n) is 8.44. The number of carbonyl (C=O) groups is 3. The van der Waals surface area contributed by atoms with E-state index in [1.165, 1.54) is 0 Å². The number of halogens is 2. The van der Waals surface area contributed by atoms with Gasteiger partial charge in [0.2, 0.25) is 5.78 Å². The van der Waals surface area contributed by atoms with Crippen LogP contribution in [0.4, 0.5) is 4.39 Å². The zero-order valence-corrected chi connectivity index (χ0v) is 37.7. The quantitative estimate of drug-likeness (QED) is 0.0769. The molecule has 0 bridgehead atoms. The monoisotopic (exact) mass is 910 g/mol. The van der Waals surface area contributed by atoms with Gasteiger partial charge in [-0.15, -0.1) is 0 Å². The van der Waals surface area contributed by atoms with Crippen LogP contribution in [-0.2, 0) is 49.8 Å². The van der Waals surface area contributed by atoms with Gasteiger partial charge in [-0.25, -0.2) is 4.39 Å². The predicted molar refractivity (Wildman–Crippen MR) is 222 cm³/mol. The highest BCUT2D eigenvalue weighted by Crippen LogP contribution is 2.59. The van der Waals surface area contributed by atoms with E-state index in [-0.39, 0.29) is 70.2 Å². The Hall–Kier alpha value is -4.06.